The summed E-state index contributed by atoms with van der Waals surface area (Å²) in [5.74, 6) is 0.602. The third kappa shape index (κ3) is 3.51. The first-order valence-corrected chi connectivity index (χ1v) is 8.00. The molecular weight excluding hydrogens is 258 g/mol. The summed E-state index contributed by atoms with van der Waals surface area (Å²) in [5.41, 5.74) is 2.25. The van der Waals surface area contributed by atoms with Crippen LogP contribution in [0.1, 0.15) is 51.4 Å². The molecule has 0 saturated heterocycles. The van der Waals surface area contributed by atoms with Gasteiger partial charge < -0.3 is 5.32 Å². The van der Waals surface area contributed by atoms with E-state index in [0.717, 1.165) is 42.7 Å². The predicted molar refractivity (Wildman–Crippen MR) is 80.8 cm³/mol. The highest BCUT2D eigenvalue weighted by atomic mass is 35.5. The van der Waals surface area contributed by atoms with Gasteiger partial charge in [-0.15, -0.1) is 0 Å². The Morgan fingerprint density at radius 3 is 2.68 bits per heavy atom. The molecule has 0 radical (unpaired) electrons. The average Bonchev–Trinajstić information content (AvgIpc) is 2.64. The summed E-state index contributed by atoms with van der Waals surface area (Å²) in [6.45, 7) is 8.51. The van der Waals surface area contributed by atoms with Crippen LogP contribution in [0, 0.1) is 5.92 Å². The Kier molecular flexibility index (Phi) is 5.28. The molecule has 1 aliphatic carbocycles. The van der Waals surface area contributed by atoms with Crippen LogP contribution in [0.15, 0.2) is 0 Å². The van der Waals surface area contributed by atoms with Crippen molar-refractivity contribution in [3.8, 4) is 0 Å². The molecule has 2 rings (SSSR count). The molecule has 1 aliphatic rings. The van der Waals surface area contributed by atoms with Gasteiger partial charge in [-0.2, -0.15) is 5.10 Å². The van der Waals surface area contributed by atoms with Gasteiger partial charge in [-0.3, -0.25) is 4.68 Å². The fraction of sp³-hybridized carbons (Fsp3) is 0.800. The Balaban J connectivity index is 1.94. The SMILES string of the molecule is CCc1nn(CC)c(CC(C)CNC2CCC2)c1Cl. The van der Waals surface area contributed by atoms with Crippen LogP contribution >= 0.6 is 11.6 Å². The Bertz CT molecular complexity index is 410. The Hall–Kier alpha value is -0.540. The zero-order valence-corrected chi connectivity index (χ0v) is 13.1. The molecule has 3 nitrogen and oxygen atoms in total. The molecule has 1 saturated carbocycles. The van der Waals surface area contributed by atoms with E-state index >= 15 is 0 Å². The van der Waals surface area contributed by atoms with E-state index in [-0.39, 0.29) is 0 Å². The number of nitrogens with zero attached hydrogens (tertiary/aromatic N) is 2. The zero-order valence-electron chi connectivity index (χ0n) is 12.4. The van der Waals surface area contributed by atoms with Crippen LogP contribution < -0.4 is 5.32 Å². The molecule has 1 aromatic heterocycles. The van der Waals surface area contributed by atoms with Crippen molar-refractivity contribution in [1.82, 2.24) is 15.1 Å². The highest BCUT2D eigenvalue weighted by molar-refractivity contribution is 6.31. The highest BCUT2D eigenvalue weighted by Gasteiger charge is 2.19. The van der Waals surface area contributed by atoms with E-state index in [0.29, 0.717) is 5.92 Å². The highest BCUT2D eigenvalue weighted by Crippen LogP contribution is 2.24. The molecule has 0 amide bonds. The van der Waals surface area contributed by atoms with Gasteiger partial charge in [0.2, 0.25) is 0 Å². The minimum atomic E-state index is 0.602. The summed E-state index contributed by atoms with van der Waals surface area (Å²) in [6, 6.07) is 0.764. The minimum Gasteiger partial charge on any atom is -0.314 e. The van der Waals surface area contributed by atoms with E-state index in [9.17, 15) is 0 Å². The van der Waals surface area contributed by atoms with Crippen molar-refractivity contribution in [3.05, 3.63) is 16.4 Å². The molecule has 1 fully saturated rings. The van der Waals surface area contributed by atoms with Crippen molar-refractivity contribution in [1.29, 1.82) is 0 Å². The lowest BCUT2D eigenvalue weighted by molar-refractivity contribution is 0.319. The quantitative estimate of drug-likeness (QED) is 0.831. The van der Waals surface area contributed by atoms with E-state index in [1.165, 1.54) is 25.0 Å². The molecule has 1 heterocycles. The van der Waals surface area contributed by atoms with Gasteiger partial charge in [0.15, 0.2) is 0 Å². The molecule has 0 spiro atoms. The van der Waals surface area contributed by atoms with Gasteiger partial charge in [-0.1, -0.05) is 31.9 Å². The Morgan fingerprint density at radius 2 is 2.16 bits per heavy atom. The maximum Gasteiger partial charge on any atom is 0.0849 e. The fourth-order valence-corrected chi connectivity index (χ4v) is 2.94. The van der Waals surface area contributed by atoms with Crippen LogP contribution in [0.25, 0.3) is 0 Å². The van der Waals surface area contributed by atoms with Crippen molar-refractivity contribution in [2.24, 2.45) is 5.92 Å². The number of aromatic nitrogens is 2. The number of nitrogens with one attached hydrogen (secondary N) is 1. The lowest BCUT2D eigenvalue weighted by Gasteiger charge is -2.28. The van der Waals surface area contributed by atoms with E-state index in [4.69, 9.17) is 11.6 Å². The maximum atomic E-state index is 6.45. The van der Waals surface area contributed by atoms with Crippen LogP contribution in [0.4, 0.5) is 0 Å². The summed E-state index contributed by atoms with van der Waals surface area (Å²) in [5, 5.41) is 9.12. The normalized spacial score (nSPS) is 17.5. The van der Waals surface area contributed by atoms with Gasteiger partial charge in [0.05, 0.1) is 16.4 Å². The van der Waals surface area contributed by atoms with Crippen molar-refractivity contribution in [2.45, 2.75) is 65.5 Å². The number of hydrogen-bond donors (Lipinski definition) is 1. The number of rotatable bonds is 7. The number of hydrogen-bond acceptors (Lipinski definition) is 2. The number of halogens is 1. The van der Waals surface area contributed by atoms with Gasteiger partial charge in [-0.25, -0.2) is 0 Å². The van der Waals surface area contributed by atoms with E-state index in [2.05, 4.69) is 35.9 Å². The lowest BCUT2D eigenvalue weighted by Crippen LogP contribution is -2.38. The molecule has 4 heteroatoms. The standard InChI is InChI=1S/C15H26ClN3/c1-4-13-15(16)14(19(5-2)18-13)9-11(3)10-17-12-7-6-8-12/h11-12,17H,4-10H2,1-3H3. The first kappa shape index (κ1) is 14.9. The van der Waals surface area contributed by atoms with Gasteiger partial charge in [0.1, 0.15) is 0 Å². The Morgan fingerprint density at radius 1 is 1.42 bits per heavy atom. The monoisotopic (exact) mass is 283 g/mol. The van der Waals surface area contributed by atoms with Crippen molar-refractivity contribution >= 4 is 11.6 Å². The van der Waals surface area contributed by atoms with Crippen molar-refractivity contribution in [2.75, 3.05) is 6.54 Å². The summed E-state index contributed by atoms with van der Waals surface area (Å²) in [4.78, 5) is 0. The average molecular weight is 284 g/mol. The summed E-state index contributed by atoms with van der Waals surface area (Å²) in [7, 11) is 0. The van der Waals surface area contributed by atoms with Crippen LogP contribution in [-0.2, 0) is 19.4 Å². The third-order valence-electron chi connectivity index (χ3n) is 4.10. The van der Waals surface area contributed by atoms with Crippen LogP contribution in [0.2, 0.25) is 5.02 Å². The minimum absolute atomic E-state index is 0.602. The first-order chi connectivity index (χ1) is 9.15. The molecule has 0 aromatic carbocycles. The van der Waals surface area contributed by atoms with Crippen LogP contribution in [0.3, 0.4) is 0 Å². The molecule has 1 unspecified atom stereocenters. The van der Waals surface area contributed by atoms with Gasteiger partial charge in [0.25, 0.3) is 0 Å². The molecule has 0 bridgehead atoms. The fourth-order valence-electron chi connectivity index (χ4n) is 2.59. The number of aryl methyl sites for hydroxylation is 2. The summed E-state index contributed by atoms with van der Waals surface area (Å²) in [6.07, 6.45) is 6.01. The van der Waals surface area contributed by atoms with Gasteiger partial charge >= 0.3 is 0 Å². The van der Waals surface area contributed by atoms with Crippen LogP contribution in [-0.4, -0.2) is 22.4 Å². The summed E-state index contributed by atoms with van der Waals surface area (Å²) < 4.78 is 2.07. The molecular formula is C15H26ClN3. The predicted octanol–water partition coefficient (Wildman–Crippen LogP) is 3.44. The smallest absolute Gasteiger partial charge is 0.0849 e. The Labute approximate surface area is 121 Å². The molecule has 19 heavy (non-hydrogen) atoms. The van der Waals surface area contributed by atoms with Crippen molar-refractivity contribution < 1.29 is 0 Å². The lowest BCUT2D eigenvalue weighted by atomic mass is 9.92. The van der Waals surface area contributed by atoms with E-state index in [1.807, 2.05) is 0 Å². The van der Waals surface area contributed by atoms with E-state index < -0.39 is 0 Å². The molecule has 1 N–H and O–H groups in total. The van der Waals surface area contributed by atoms with Crippen molar-refractivity contribution in [3.63, 3.8) is 0 Å². The second-order valence-electron chi connectivity index (χ2n) is 5.72. The second-order valence-corrected chi connectivity index (χ2v) is 6.10. The molecule has 0 aliphatic heterocycles. The largest absolute Gasteiger partial charge is 0.314 e. The zero-order chi connectivity index (χ0) is 13.8. The second kappa shape index (κ2) is 6.76. The summed E-state index contributed by atoms with van der Waals surface area (Å²) >= 11 is 6.45. The molecule has 1 aromatic rings. The topological polar surface area (TPSA) is 29.9 Å². The van der Waals surface area contributed by atoms with E-state index in [1.54, 1.807) is 0 Å². The van der Waals surface area contributed by atoms with Gasteiger partial charge in [0, 0.05) is 12.6 Å². The molecule has 108 valence electrons. The third-order valence-corrected chi connectivity index (χ3v) is 4.53. The maximum absolute atomic E-state index is 6.45. The van der Waals surface area contributed by atoms with Crippen LogP contribution in [0.5, 0.6) is 0 Å². The van der Waals surface area contributed by atoms with Gasteiger partial charge in [-0.05, 0) is 45.1 Å². The first-order valence-electron chi connectivity index (χ1n) is 7.63. The molecule has 1 atom stereocenters.